The summed E-state index contributed by atoms with van der Waals surface area (Å²) >= 11 is 3.46. The van der Waals surface area contributed by atoms with E-state index in [1.165, 1.54) is 24.0 Å². The summed E-state index contributed by atoms with van der Waals surface area (Å²) in [6.45, 7) is 0. The molecule has 3 atom stereocenters. The van der Waals surface area contributed by atoms with Crippen LogP contribution in [0.2, 0.25) is 0 Å². The standard InChI is InChI=1S/C21H22BrNO2/c1-25-17-10-6-15(7-11-17)20(14-2-3-14)23-21(24)19-12-18(19)13-4-8-16(22)9-5-13/h4-11,14,18-20H,2-3,12H2,1H3,(H,23,24). The van der Waals surface area contributed by atoms with Crippen LogP contribution in [0.1, 0.15) is 42.3 Å². The number of carbonyl (C=O) groups excluding carboxylic acids is 1. The maximum absolute atomic E-state index is 12.7. The summed E-state index contributed by atoms with van der Waals surface area (Å²) in [4.78, 5) is 12.7. The Kier molecular flexibility index (Phi) is 4.55. The Labute approximate surface area is 156 Å². The SMILES string of the molecule is COc1ccc(C(NC(=O)C2CC2c2ccc(Br)cc2)C2CC2)cc1. The first-order valence-electron chi connectivity index (χ1n) is 8.85. The molecule has 130 valence electrons. The molecule has 2 saturated carbocycles. The van der Waals surface area contributed by atoms with Gasteiger partial charge in [-0.3, -0.25) is 4.79 Å². The summed E-state index contributed by atoms with van der Waals surface area (Å²) in [7, 11) is 1.67. The van der Waals surface area contributed by atoms with Crippen molar-refractivity contribution in [1.82, 2.24) is 5.32 Å². The van der Waals surface area contributed by atoms with Gasteiger partial charge < -0.3 is 10.1 Å². The molecule has 4 rings (SSSR count). The normalized spacial score (nSPS) is 23.0. The molecule has 0 aliphatic heterocycles. The second-order valence-corrected chi connectivity index (χ2v) is 8.01. The summed E-state index contributed by atoms with van der Waals surface area (Å²) in [5.74, 6) is 2.09. The van der Waals surface area contributed by atoms with E-state index in [1.54, 1.807) is 7.11 Å². The topological polar surface area (TPSA) is 38.3 Å². The monoisotopic (exact) mass is 399 g/mol. The first-order chi connectivity index (χ1) is 12.2. The highest BCUT2D eigenvalue weighted by molar-refractivity contribution is 9.10. The van der Waals surface area contributed by atoms with Gasteiger partial charge in [0, 0.05) is 10.4 Å². The molecule has 0 heterocycles. The van der Waals surface area contributed by atoms with Crippen molar-refractivity contribution in [3.8, 4) is 5.75 Å². The van der Waals surface area contributed by atoms with E-state index in [-0.39, 0.29) is 17.9 Å². The lowest BCUT2D eigenvalue weighted by molar-refractivity contribution is -0.123. The van der Waals surface area contributed by atoms with E-state index in [2.05, 4.69) is 45.5 Å². The summed E-state index contributed by atoms with van der Waals surface area (Å²) in [5.41, 5.74) is 2.44. The van der Waals surface area contributed by atoms with E-state index >= 15 is 0 Å². The molecular weight excluding hydrogens is 378 g/mol. The Hall–Kier alpha value is -1.81. The number of halogens is 1. The number of ether oxygens (including phenoxy) is 1. The van der Waals surface area contributed by atoms with Crippen LogP contribution in [-0.4, -0.2) is 13.0 Å². The van der Waals surface area contributed by atoms with Gasteiger partial charge in [0.2, 0.25) is 5.91 Å². The second-order valence-electron chi connectivity index (χ2n) is 7.10. The van der Waals surface area contributed by atoms with E-state index in [4.69, 9.17) is 4.74 Å². The van der Waals surface area contributed by atoms with Crippen LogP contribution < -0.4 is 10.1 Å². The Morgan fingerprint density at radius 1 is 1.12 bits per heavy atom. The maximum atomic E-state index is 12.7. The van der Waals surface area contributed by atoms with Crippen molar-refractivity contribution in [3.63, 3.8) is 0 Å². The minimum absolute atomic E-state index is 0.112. The second kappa shape index (κ2) is 6.83. The lowest BCUT2D eigenvalue weighted by Crippen LogP contribution is -2.31. The Morgan fingerprint density at radius 2 is 1.80 bits per heavy atom. The number of carbonyl (C=O) groups is 1. The summed E-state index contributed by atoms with van der Waals surface area (Å²) < 4.78 is 6.31. The summed E-state index contributed by atoms with van der Waals surface area (Å²) in [6.07, 6.45) is 3.34. The molecule has 25 heavy (non-hydrogen) atoms. The van der Waals surface area contributed by atoms with Gasteiger partial charge in [0.1, 0.15) is 5.75 Å². The molecule has 2 aromatic rings. The third kappa shape index (κ3) is 3.74. The average molecular weight is 400 g/mol. The zero-order chi connectivity index (χ0) is 17.4. The molecular formula is C21H22BrNO2. The van der Waals surface area contributed by atoms with Gasteiger partial charge >= 0.3 is 0 Å². The lowest BCUT2D eigenvalue weighted by atomic mass is 10.0. The first-order valence-corrected chi connectivity index (χ1v) is 9.65. The van der Waals surface area contributed by atoms with Crippen LogP contribution in [0.25, 0.3) is 0 Å². The van der Waals surface area contributed by atoms with E-state index in [1.807, 2.05) is 24.3 Å². The van der Waals surface area contributed by atoms with Gasteiger partial charge in [0.25, 0.3) is 0 Å². The molecule has 4 heteroatoms. The minimum atomic E-state index is 0.112. The highest BCUT2D eigenvalue weighted by Gasteiger charge is 2.45. The Balaban J connectivity index is 1.42. The fourth-order valence-electron chi connectivity index (χ4n) is 3.54. The number of benzene rings is 2. The molecule has 1 N–H and O–H groups in total. The Morgan fingerprint density at radius 3 is 2.40 bits per heavy atom. The molecule has 0 bridgehead atoms. The minimum Gasteiger partial charge on any atom is -0.497 e. The number of hydrogen-bond acceptors (Lipinski definition) is 2. The van der Waals surface area contributed by atoms with Gasteiger partial charge in [0.15, 0.2) is 0 Å². The molecule has 0 aromatic heterocycles. The van der Waals surface area contributed by atoms with Crippen LogP contribution in [-0.2, 0) is 4.79 Å². The van der Waals surface area contributed by atoms with Gasteiger partial charge in [-0.15, -0.1) is 0 Å². The van der Waals surface area contributed by atoms with Crippen LogP contribution >= 0.6 is 15.9 Å². The fraction of sp³-hybridized carbons (Fsp3) is 0.381. The smallest absolute Gasteiger partial charge is 0.224 e. The molecule has 0 spiro atoms. The van der Waals surface area contributed by atoms with Crippen LogP contribution in [0.5, 0.6) is 5.75 Å². The first kappa shape index (κ1) is 16.6. The number of amides is 1. The zero-order valence-electron chi connectivity index (χ0n) is 14.2. The van der Waals surface area contributed by atoms with Crippen molar-refractivity contribution in [1.29, 1.82) is 0 Å². The van der Waals surface area contributed by atoms with Crippen LogP contribution in [0, 0.1) is 11.8 Å². The van der Waals surface area contributed by atoms with Gasteiger partial charge in [-0.2, -0.15) is 0 Å². The predicted molar refractivity (Wildman–Crippen MR) is 102 cm³/mol. The van der Waals surface area contributed by atoms with Gasteiger partial charge in [0.05, 0.1) is 13.2 Å². The number of hydrogen-bond donors (Lipinski definition) is 1. The third-order valence-corrected chi connectivity index (χ3v) is 5.82. The summed E-state index contributed by atoms with van der Waals surface area (Å²) in [5, 5.41) is 3.32. The average Bonchev–Trinajstić information content (AvgIpc) is 3.54. The fourth-order valence-corrected chi connectivity index (χ4v) is 3.80. The highest BCUT2D eigenvalue weighted by atomic mass is 79.9. The molecule has 1 amide bonds. The molecule has 3 nitrogen and oxygen atoms in total. The van der Waals surface area contributed by atoms with Gasteiger partial charge in [-0.25, -0.2) is 0 Å². The molecule has 2 fully saturated rings. The number of nitrogens with one attached hydrogen (secondary N) is 1. The predicted octanol–water partition coefficient (Wildman–Crippen LogP) is 4.83. The summed E-state index contributed by atoms with van der Waals surface area (Å²) in [6, 6.07) is 16.5. The molecule has 0 radical (unpaired) electrons. The largest absolute Gasteiger partial charge is 0.497 e. The molecule has 2 aliphatic carbocycles. The van der Waals surface area contributed by atoms with Crippen molar-refractivity contribution in [2.24, 2.45) is 11.8 Å². The van der Waals surface area contributed by atoms with Gasteiger partial charge in [-0.1, -0.05) is 40.2 Å². The zero-order valence-corrected chi connectivity index (χ0v) is 15.8. The van der Waals surface area contributed by atoms with E-state index in [0.29, 0.717) is 11.8 Å². The van der Waals surface area contributed by atoms with E-state index in [0.717, 1.165) is 16.6 Å². The van der Waals surface area contributed by atoms with Crippen LogP contribution in [0.4, 0.5) is 0 Å². The van der Waals surface area contributed by atoms with Crippen molar-refractivity contribution < 1.29 is 9.53 Å². The third-order valence-electron chi connectivity index (χ3n) is 5.29. The Bertz CT molecular complexity index is 752. The van der Waals surface area contributed by atoms with Crippen molar-refractivity contribution in [3.05, 3.63) is 64.1 Å². The highest BCUT2D eigenvalue weighted by Crippen LogP contribution is 2.49. The number of methoxy groups -OCH3 is 1. The van der Waals surface area contributed by atoms with Crippen molar-refractivity contribution >= 4 is 21.8 Å². The van der Waals surface area contributed by atoms with E-state index in [9.17, 15) is 4.79 Å². The molecule has 0 saturated heterocycles. The quantitative estimate of drug-likeness (QED) is 0.755. The maximum Gasteiger partial charge on any atom is 0.224 e. The van der Waals surface area contributed by atoms with Crippen molar-refractivity contribution in [2.75, 3.05) is 7.11 Å². The lowest BCUT2D eigenvalue weighted by Gasteiger charge is -2.19. The van der Waals surface area contributed by atoms with E-state index < -0.39 is 0 Å². The molecule has 2 aliphatic rings. The molecule has 2 aromatic carbocycles. The van der Waals surface area contributed by atoms with Gasteiger partial charge in [-0.05, 0) is 66.5 Å². The molecule has 3 unspecified atom stereocenters. The van der Waals surface area contributed by atoms with Crippen LogP contribution in [0.15, 0.2) is 53.0 Å². The van der Waals surface area contributed by atoms with Crippen LogP contribution in [0.3, 0.4) is 0 Å². The number of rotatable bonds is 6. The van der Waals surface area contributed by atoms with Crippen molar-refractivity contribution in [2.45, 2.75) is 31.2 Å².